The first kappa shape index (κ1) is 12.5. The summed E-state index contributed by atoms with van der Waals surface area (Å²) in [6.45, 7) is 5.71. The lowest BCUT2D eigenvalue weighted by Gasteiger charge is -2.03. The molecule has 0 aliphatic rings. The third kappa shape index (κ3) is 5.18. The molecule has 0 aliphatic carbocycles. The molecule has 0 aromatic rings. The molecule has 0 heterocycles. The number of alkyl carbamates (subject to hydrolysis) is 1. The highest BCUT2D eigenvalue weighted by Gasteiger charge is 2.09. The zero-order valence-electron chi connectivity index (χ0n) is 8.62. The van der Waals surface area contributed by atoms with Gasteiger partial charge in [-0.05, 0) is 20.8 Å². The molecule has 0 aromatic carbocycles. The number of ether oxygens (including phenoxy) is 2. The van der Waals surface area contributed by atoms with Crippen molar-refractivity contribution in [1.82, 2.24) is 5.32 Å². The van der Waals surface area contributed by atoms with Crippen LogP contribution in [0, 0.1) is 0 Å². The van der Waals surface area contributed by atoms with E-state index in [2.05, 4.69) is 4.74 Å². The van der Waals surface area contributed by atoms with Crippen molar-refractivity contribution in [3.63, 3.8) is 0 Å². The number of amides is 2. The Balaban J connectivity index is 4.01. The summed E-state index contributed by atoms with van der Waals surface area (Å²) in [5.41, 5.74) is 0.319. The number of rotatable bonds is 4. The third-order valence-electron chi connectivity index (χ3n) is 1.28. The number of carbonyl (C=O) groups excluding carboxylic acids is 2. The maximum Gasteiger partial charge on any atom is 0.414 e. The molecular weight excluding hydrogens is 186 g/mol. The van der Waals surface area contributed by atoms with Crippen LogP contribution in [-0.2, 0) is 14.3 Å². The Kier molecular flexibility index (Phi) is 6.19. The first-order valence-corrected chi connectivity index (χ1v) is 4.38. The number of nitrogens with one attached hydrogen (secondary N) is 1. The SMILES string of the molecule is CCO/C=C(\C)C(=O)NC(=O)OCC. The highest BCUT2D eigenvalue weighted by molar-refractivity contribution is 6.01. The molecule has 0 atom stereocenters. The van der Waals surface area contributed by atoms with Crippen molar-refractivity contribution in [1.29, 1.82) is 0 Å². The van der Waals surface area contributed by atoms with Gasteiger partial charge in [0.25, 0.3) is 5.91 Å². The van der Waals surface area contributed by atoms with Gasteiger partial charge in [-0.25, -0.2) is 4.79 Å². The Bertz CT molecular complexity index is 235. The summed E-state index contributed by atoms with van der Waals surface area (Å²) in [4.78, 5) is 22.0. The molecule has 2 amide bonds. The summed E-state index contributed by atoms with van der Waals surface area (Å²) in [5, 5.41) is 2.04. The molecule has 80 valence electrons. The molecule has 0 bridgehead atoms. The van der Waals surface area contributed by atoms with Gasteiger partial charge in [0.15, 0.2) is 0 Å². The van der Waals surface area contributed by atoms with Crippen LogP contribution in [0.25, 0.3) is 0 Å². The molecule has 0 unspecified atom stereocenters. The van der Waals surface area contributed by atoms with E-state index in [9.17, 15) is 9.59 Å². The smallest absolute Gasteiger partial charge is 0.414 e. The average molecular weight is 201 g/mol. The predicted octanol–water partition coefficient (Wildman–Crippen LogP) is 1.20. The van der Waals surface area contributed by atoms with Gasteiger partial charge < -0.3 is 9.47 Å². The van der Waals surface area contributed by atoms with Gasteiger partial charge in [-0.2, -0.15) is 0 Å². The van der Waals surface area contributed by atoms with Crippen LogP contribution in [0.1, 0.15) is 20.8 Å². The van der Waals surface area contributed by atoms with E-state index in [0.29, 0.717) is 12.2 Å². The quantitative estimate of drug-likeness (QED) is 0.548. The monoisotopic (exact) mass is 201 g/mol. The van der Waals surface area contributed by atoms with Crippen LogP contribution >= 0.6 is 0 Å². The van der Waals surface area contributed by atoms with Gasteiger partial charge in [-0.3, -0.25) is 10.1 Å². The molecule has 0 spiro atoms. The van der Waals surface area contributed by atoms with Gasteiger partial charge >= 0.3 is 6.09 Å². The Morgan fingerprint density at radius 3 is 2.43 bits per heavy atom. The molecule has 5 nitrogen and oxygen atoms in total. The van der Waals surface area contributed by atoms with Crippen molar-refractivity contribution >= 4 is 12.0 Å². The van der Waals surface area contributed by atoms with Crippen LogP contribution in [0.15, 0.2) is 11.8 Å². The lowest BCUT2D eigenvalue weighted by molar-refractivity contribution is -0.117. The second-order valence-corrected chi connectivity index (χ2v) is 2.43. The van der Waals surface area contributed by atoms with Crippen LogP contribution in [-0.4, -0.2) is 25.2 Å². The Labute approximate surface area is 83.1 Å². The van der Waals surface area contributed by atoms with E-state index in [1.807, 2.05) is 5.32 Å². The topological polar surface area (TPSA) is 64.6 Å². The minimum Gasteiger partial charge on any atom is -0.501 e. The lowest BCUT2D eigenvalue weighted by atomic mass is 10.3. The fourth-order valence-electron chi connectivity index (χ4n) is 0.620. The minimum atomic E-state index is -0.748. The zero-order chi connectivity index (χ0) is 11.0. The summed E-state index contributed by atoms with van der Waals surface area (Å²) in [6.07, 6.45) is 0.552. The maximum atomic E-state index is 11.2. The van der Waals surface area contributed by atoms with Crippen LogP contribution in [0.3, 0.4) is 0 Å². The largest absolute Gasteiger partial charge is 0.501 e. The van der Waals surface area contributed by atoms with Crippen molar-refractivity contribution in [2.24, 2.45) is 0 Å². The van der Waals surface area contributed by atoms with Crippen LogP contribution < -0.4 is 5.32 Å². The molecule has 5 heteroatoms. The van der Waals surface area contributed by atoms with Gasteiger partial charge in [-0.1, -0.05) is 0 Å². The molecule has 0 aromatic heterocycles. The number of hydrogen-bond acceptors (Lipinski definition) is 4. The molecule has 0 fully saturated rings. The normalized spacial score (nSPS) is 10.6. The molecular formula is C9H15NO4. The number of carbonyl (C=O) groups is 2. The molecule has 0 rings (SSSR count). The van der Waals surface area contributed by atoms with E-state index >= 15 is 0 Å². The first-order chi connectivity index (χ1) is 6.61. The van der Waals surface area contributed by atoms with Crippen LogP contribution in [0.2, 0.25) is 0 Å². The average Bonchev–Trinajstić information content (AvgIpc) is 2.14. The van der Waals surface area contributed by atoms with Crippen molar-refractivity contribution in [2.75, 3.05) is 13.2 Å². The highest BCUT2D eigenvalue weighted by Crippen LogP contribution is 1.93. The van der Waals surface area contributed by atoms with E-state index in [-0.39, 0.29) is 6.61 Å². The lowest BCUT2D eigenvalue weighted by Crippen LogP contribution is -2.31. The van der Waals surface area contributed by atoms with Crippen molar-refractivity contribution < 1.29 is 19.1 Å². The minimum absolute atomic E-state index is 0.229. The summed E-state index contributed by atoms with van der Waals surface area (Å²) in [5.74, 6) is -0.517. The second-order valence-electron chi connectivity index (χ2n) is 2.43. The first-order valence-electron chi connectivity index (χ1n) is 4.38. The maximum absolute atomic E-state index is 11.2. The van der Waals surface area contributed by atoms with E-state index in [1.165, 1.54) is 6.26 Å². The fraction of sp³-hybridized carbons (Fsp3) is 0.556. The van der Waals surface area contributed by atoms with Gasteiger partial charge in [0.05, 0.1) is 19.5 Å². The highest BCUT2D eigenvalue weighted by atomic mass is 16.5. The van der Waals surface area contributed by atoms with Crippen LogP contribution in [0.4, 0.5) is 4.79 Å². The van der Waals surface area contributed by atoms with Gasteiger partial charge in [-0.15, -0.1) is 0 Å². The molecule has 14 heavy (non-hydrogen) atoms. The molecule has 0 radical (unpaired) electrons. The van der Waals surface area contributed by atoms with E-state index < -0.39 is 12.0 Å². The Morgan fingerprint density at radius 1 is 1.29 bits per heavy atom. The second kappa shape index (κ2) is 6.94. The van der Waals surface area contributed by atoms with Crippen molar-refractivity contribution in [3.05, 3.63) is 11.8 Å². The summed E-state index contributed by atoms with van der Waals surface area (Å²) < 4.78 is 9.41. The summed E-state index contributed by atoms with van der Waals surface area (Å²) in [6, 6.07) is 0. The molecule has 0 saturated heterocycles. The molecule has 0 aliphatic heterocycles. The zero-order valence-corrected chi connectivity index (χ0v) is 8.62. The number of hydrogen-bond donors (Lipinski definition) is 1. The third-order valence-corrected chi connectivity index (χ3v) is 1.28. The van der Waals surface area contributed by atoms with Crippen molar-refractivity contribution in [3.8, 4) is 0 Å². The van der Waals surface area contributed by atoms with E-state index in [0.717, 1.165) is 0 Å². The molecule has 1 N–H and O–H groups in total. The Morgan fingerprint density at radius 2 is 1.93 bits per heavy atom. The van der Waals surface area contributed by atoms with Crippen molar-refractivity contribution in [2.45, 2.75) is 20.8 Å². The molecule has 0 saturated carbocycles. The standard InChI is InChI=1S/C9H15NO4/c1-4-13-6-7(3)8(11)10-9(12)14-5-2/h6H,4-5H2,1-3H3,(H,10,11,12)/b7-6+. The van der Waals surface area contributed by atoms with Crippen LogP contribution in [0.5, 0.6) is 0 Å². The van der Waals surface area contributed by atoms with Gasteiger partial charge in [0.2, 0.25) is 0 Å². The van der Waals surface area contributed by atoms with E-state index in [1.54, 1.807) is 20.8 Å². The predicted molar refractivity (Wildman–Crippen MR) is 50.5 cm³/mol. The number of imide groups is 1. The van der Waals surface area contributed by atoms with Gasteiger partial charge in [0, 0.05) is 5.57 Å². The summed E-state index contributed by atoms with van der Waals surface area (Å²) >= 11 is 0. The van der Waals surface area contributed by atoms with E-state index in [4.69, 9.17) is 4.74 Å². The fourth-order valence-corrected chi connectivity index (χ4v) is 0.620. The van der Waals surface area contributed by atoms with Gasteiger partial charge in [0.1, 0.15) is 0 Å². The summed E-state index contributed by atoms with van der Waals surface area (Å²) in [7, 11) is 0. The Hall–Kier alpha value is -1.52.